The molecule has 0 atom stereocenters. The summed E-state index contributed by atoms with van der Waals surface area (Å²) in [6.07, 6.45) is 4.04. The number of rotatable bonds is 11. The van der Waals surface area contributed by atoms with Crippen molar-refractivity contribution in [1.29, 1.82) is 5.41 Å². The molecule has 2 aliphatic rings. The van der Waals surface area contributed by atoms with Crippen LogP contribution in [-0.4, -0.2) is 62.0 Å². The Kier molecular flexibility index (Phi) is 10.4. The highest BCUT2D eigenvalue weighted by atomic mass is 19.3. The first-order valence-electron chi connectivity index (χ1n) is 14.2. The molecule has 0 bridgehead atoms. The molecule has 0 aliphatic carbocycles. The molecule has 212 valence electrons. The zero-order chi connectivity index (χ0) is 27.8. The van der Waals surface area contributed by atoms with Gasteiger partial charge in [-0.3, -0.25) is 4.90 Å². The maximum Gasteiger partial charge on any atom is 0.278 e. The largest absolute Gasteiger partial charge is 0.378 e. The van der Waals surface area contributed by atoms with E-state index in [1.54, 1.807) is 11.8 Å². The van der Waals surface area contributed by atoms with Crippen molar-refractivity contribution in [3.05, 3.63) is 52.4 Å². The fourth-order valence-corrected chi connectivity index (χ4v) is 5.46. The molecule has 7 nitrogen and oxygen atoms in total. The number of allylic oxidation sites excluding steroid dienone is 2. The second-order valence-electron chi connectivity index (χ2n) is 10.5. The van der Waals surface area contributed by atoms with Crippen LogP contribution in [0, 0.1) is 18.3 Å². The SMILES string of the molecule is CCC(C)=C(C(F)F)N(c1ccccc1C)c1nc(N2CCOCC2)nc(CCCC2CCNCC2)c1C=N. The smallest absolute Gasteiger partial charge is 0.278 e. The molecule has 4 rings (SSSR count). The van der Waals surface area contributed by atoms with Crippen molar-refractivity contribution in [3.63, 3.8) is 0 Å². The number of ether oxygens (including phenoxy) is 1. The molecule has 1 aromatic carbocycles. The van der Waals surface area contributed by atoms with Gasteiger partial charge in [0.15, 0.2) is 5.82 Å². The van der Waals surface area contributed by atoms with Gasteiger partial charge in [0.2, 0.25) is 5.95 Å². The molecule has 0 saturated carbocycles. The number of hydrogen-bond acceptors (Lipinski definition) is 7. The van der Waals surface area contributed by atoms with Gasteiger partial charge in [-0.25, -0.2) is 13.8 Å². The van der Waals surface area contributed by atoms with E-state index in [2.05, 4.69) is 10.2 Å². The van der Waals surface area contributed by atoms with Gasteiger partial charge in [0.25, 0.3) is 6.43 Å². The minimum atomic E-state index is -2.71. The fourth-order valence-electron chi connectivity index (χ4n) is 5.46. The molecule has 0 unspecified atom stereocenters. The lowest BCUT2D eigenvalue weighted by Gasteiger charge is -2.33. The Balaban J connectivity index is 1.85. The number of para-hydroxylation sites is 1. The summed E-state index contributed by atoms with van der Waals surface area (Å²) < 4.78 is 35.3. The highest BCUT2D eigenvalue weighted by Crippen LogP contribution is 2.38. The minimum Gasteiger partial charge on any atom is -0.378 e. The van der Waals surface area contributed by atoms with E-state index < -0.39 is 6.43 Å². The van der Waals surface area contributed by atoms with Crippen LogP contribution in [0.2, 0.25) is 0 Å². The third-order valence-electron chi connectivity index (χ3n) is 7.90. The molecule has 2 N–H and O–H groups in total. The van der Waals surface area contributed by atoms with Gasteiger partial charge in [-0.15, -0.1) is 0 Å². The summed E-state index contributed by atoms with van der Waals surface area (Å²) >= 11 is 0. The van der Waals surface area contributed by atoms with Gasteiger partial charge in [-0.05, 0) is 88.6 Å². The van der Waals surface area contributed by atoms with Crippen molar-refractivity contribution in [1.82, 2.24) is 15.3 Å². The van der Waals surface area contributed by atoms with Crippen molar-refractivity contribution in [2.75, 3.05) is 49.2 Å². The van der Waals surface area contributed by atoms with Crippen LogP contribution in [0.4, 0.5) is 26.2 Å². The number of nitrogens with one attached hydrogen (secondary N) is 2. The van der Waals surface area contributed by atoms with Crippen LogP contribution in [0.1, 0.15) is 62.8 Å². The number of benzene rings is 1. The Morgan fingerprint density at radius 3 is 2.56 bits per heavy atom. The quantitative estimate of drug-likeness (QED) is 0.339. The molecule has 2 aliphatic heterocycles. The molecule has 2 aromatic rings. The van der Waals surface area contributed by atoms with Crippen molar-refractivity contribution < 1.29 is 13.5 Å². The molecule has 39 heavy (non-hydrogen) atoms. The second-order valence-corrected chi connectivity index (χ2v) is 10.5. The van der Waals surface area contributed by atoms with Gasteiger partial charge in [-0.2, -0.15) is 4.98 Å². The summed E-state index contributed by atoms with van der Waals surface area (Å²) in [5.41, 5.74) is 3.24. The van der Waals surface area contributed by atoms with Gasteiger partial charge in [0.1, 0.15) is 0 Å². The lowest BCUT2D eigenvalue weighted by Crippen LogP contribution is -2.38. The van der Waals surface area contributed by atoms with Gasteiger partial charge >= 0.3 is 0 Å². The van der Waals surface area contributed by atoms with Crippen LogP contribution in [-0.2, 0) is 11.2 Å². The highest BCUT2D eigenvalue weighted by molar-refractivity contribution is 5.90. The third kappa shape index (κ3) is 7.00. The maximum atomic E-state index is 14.9. The molecular formula is C30H42F2N6O. The second kappa shape index (κ2) is 13.9. The molecule has 0 amide bonds. The number of morpholine rings is 1. The predicted octanol–water partition coefficient (Wildman–Crippen LogP) is 6.03. The van der Waals surface area contributed by atoms with Crippen LogP contribution in [0.5, 0.6) is 0 Å². The molecule has 1 aromatic heterocycles. The van der Waals surface area contributed by atoms with E-state index in [4.69, 9.17) is 20.1 Å². The summed E-state index contributed by atoms with van der Waals surface area (Å²) in [4.78, 5) is 13.5. The zero-order valence-corrected chi connectivity index (χ0v) is 23.5. The van der Waals surface area contributed by atoms with Crippen LogP contribution >= 0.6 is 0 Å². The standard InChI is InChI=1S/C30H42F2N6O/c1-4-21(2)27(28(31)32)38(26-11-6-5-8-22(26)3)29-24(20-33)25(10-7-9-23-12-14-34-15-13-23)35-30(36-29)37-16-18-39-19-17-37/h5-6,8,11,20,23,28,33-34H,4,7,9-10,12-19H2,1-3H3. The van der Waals surface area contributed by atoms with Crippen molar-refractivity contribution >= 4 is 23.7 Å². The number of piperidine rings is 1. The lowest BCUT2D eigenvalue weighted by atomic mass is 9.92. The molecule has 0 radical (unpaired) electrons. The Bertz CT molecular complexity index is 1140. The number of anilines is 3. The van der Waals surface area contributed by atoms with Crippen molar-refractivity contribution in [2.45, 2.75) is 65.7 Å². The monoisotopic (exact) mass is 540 g/mol. The number of hydrogen-bond donors (Lipinski definition) is 2. The number of halogens is 2. The van der Waals surface area contributed by atoms with E-state index >= 15 is 0 Å². The topological polar surface area (TPSA) is 77.4 Å². The van der Waals surface area contributed by atoms with Crippen LogP contribution in [0.15, 0.2) is 35.5 Å². The molecule has 3 heterocycles. The van der Waals surface area contributed by atoms with E-state index in [0.717, 1.165) is 37.2 Å². The summed E-state index contributed by atoms with van der Waals surface area (Å²) in [7, 11) is 0. The van der Waals surface area contributed by atoms with Crippen molar-refractivity contribution in [2.24, 2.45) is 5.92 Å². The Morgan fingerprint density at radius 2 is 1.92 bits per heavy atom. The average molecular weight is 541 g/mol. The van der Waals surface area contributed by atoms with E-state index in [-0.39, 0.29) is 5.70 Å². The summed E-state index contributed by atoms with van der Waals surface area (Å²) in [6, 6.07) is 7.52. The fraction of sp³-hybridized carbons (Fsp3) is 0.567. The number of aromatic nitrogens is 2. The number of alkyl halides is 2. The Hall–Kier alpha value is -2.91. The Labute approximate surface area is 231 Å². The highest BCUT2D eigenvalue weighted by Gasteiger charge is 2.30. The van der Waals surface area contributed by atoms with Crippen LogP contribution < -0.4 is 15.1 Å². The number of aryl methyl sites for hydroxylation is 2. The molecule has 2 saturated heterocycles. The van der Waals surface area contributed by atoms with Gasteiger partial charge in [0, 0.05) is 19.3 Å². The lowest BCUT2D eigenvalue weighted by molar-refractivity contribution is 0.122. The molecule has 0 spiro atoms. The molecule has 2 fully saturated rings. The van der Waals surface area contributed by atoms with Gasteiger partial charge in [-0.1, -0.05) is 25.1 Å². The third-order valence-corrected chi connectivity index (χ3v) is 7.90. The first-order chi connectivity index (χ1) is 18.9. The summed E-state index contributed by atoms with van der Waals surface area (Å²) in [5.74, 6) is 1.53. The first-order valence-corrected chi connectivity index (χ1v) is 14.2. The van der Waals surface area contributed by atoms with Gasteiger partial charge < -0.3 is 20.4 Å². The van der Waals surface area contributed by atoms with E-state index in [1.165, 1.54) is 19.1 Å². The van der Waals surface area contributed by atoms with E-state index in [9.17, 15) is 8.78 Å². The molecular weight excluding hydrogens is 498 g/mol. The zero-order valence-electron chi connectivity index (χ0n) is 23.5. The summed E-state index contributed by atoms with van der Waals surface area (Å²) in [6.45, 7) is 10.1. The van der Waals surface area contributed by atoms with E-state index in [1.807, 2.05) is 38.1 Å². The predicted molar refractivity (Wildman–Crippen MR) is 154 cm³/mol. The van der Waals surface area contributed by atoms with Crippen LogP contribution in [0.3, 0.4) is 0 Å². The Morgan fingerprint density at radius 1 is 1.21 bits per heavy atom. The minimum absolute atomic E-state index is 0.0813. The van der Waals surface area contributed by atoms with Crippen LogP contribution in [0.25, 0.3) is 0 Å². The maximum absolute atomic E-state index is 14.9. The average Bonchev–Trinajstić information content (AvgIpc) is 2.96. The normalized spacial score (nSPS) is 17.3. The molecule has 9 heteroatoms. The number of nitrogens with zero attached hydrogens (tertiary/aromatic N) is 4. The van der Waals surface area contributed by atoms with E-state index in [0.29, 0.717) is 73.7 Å². The summed E-state index contributed by atoms with van der Waals surface area (Å²) in [5, 5.41) is 11.8. The van der Waals surface area contributed by atoms with Gasteiger partial charge in [0.05, 0.1) is 35.9 Å². The first kappa shape index (κ1) is 29.1. The van der Waals surface area contributed by atoms with Crippen molar-refractivity contribution in [3.8, 4) is 0 Å².